The molecule has 0 aliphatic heterocycles. The number of hydrogen-bond acceptors (Lipinski definition) is 1. The van der Waals surface area contributed by atoms with Gasteiger partial charge in [-0.05, 0) is 12.1 Å². The van der Waals surface area contributed by atoms with Gasteiger partial charge in [-0.15, -0.1) is 12.4 Å². The Bertz CT molecular complexity index is 354. The third-order valence-electron chi connectivity index (χ3n) is 1.63. The van der Waals surface area contributed by atoms with E-state index in [0.29, 0.717) is 0 Å². The van der Waals surface area contributed by atoms with Gasteiger partial charge < -0.3 is 4.57 Å². The number of fused-ring (bicyclic) bond motifs is 1. The second-order valence-electron chi connectivity index (χ2n) is 2.34. The number of aromatic nitrogens is 2. The zero-order valence-electron chi connectivity index (χ0n) is 6.19. The zero-order valence-corrected chi connectivity index (χ0v) is 7.01. The predicted molar refractivity (Wildman–Crippen MR) is 48.0 cm³/mol. The van der Waals surface area contributed by atoms with Gasteiger partial charge in [0.2, 0.25) is 0 Å². The number of hydrogen-bond donors (Lipinski definition) is 0. The smallest absolute Gasteiger partial charge is 0.0955 e. The third kappa shape index (κ3) is 1.21. The van der Waals surface area contributed by atoms with Crippen molar-refractivity contribution < 1.29 is 0 Å². The molecule has 0 N–H and O–H groups in total. The minimum absolute atomic E-state index is 0. The van der Waals surface area contributed by atoms with Crippen LogP contribution in [0.1, 0.15) is 0 Å². The first-order valence-electron chi connectivity index (χ1n) is 3.24. The molecule has 2 nitrogen and oxygen atoms in total. The monoisotopic (exact) mass is 168 g/mol. The number of benzene rings is 1. The topological polar surface area (TPSA) is 17.8 Å². The van der Waals surface area contributed by atoms with Gasteiger partial charge in [0.1, 0.15) is 0 Å². The van der Waals surface area contributed by atoms with E-state index >= 15 is 0 Å². The van der Waals surface area contributed by atoms with Gasteiger partial charge in [0, 0.05) is 7.05 Å². The molecule has 3 heteroatoms. The molecule has 2 aromatic rings. The fraction of sp³-hybridized carbons (Fsp3) is 0.125. The molecule has 1 heterocycles. The van der Waals surface area contributed by atoms with Crippen LogP contribution in [0.4, 0.5) is 0 Å². The van der Waals surface area contributed by atoms with Crippen LogP contribution in [0.3, 0.4) is 0 Å². The molecule has 0 saturated carbocycles. The van der Waals surface area contributed by atoms with Crippen LogP contribution >= 0.6 is 12.4 Å². The van der Waals surface area contributed by atoms with E-state index in [2.05, 4.69) is 11.1 Å². The van der Waals surface area contributed by atoms with Crippen LogP contribution in [0.5, 0.6) is 0 Å². The van der Waals surface area contributed by atoms with Crippen molar-refractivity contribution >= 4 is 23.4 Å². The van der Waals surface area contributed by atoms with E-state index in [1.807, 2.05) is 36.1 Å². The Morgan fingerprint density at radius 2 is 2.00 bits per heavy atom. The maximum atomic E-state index is 4.18. The number of rotatable bonds is 0. The van der Waals surface area contributed by atoms with Gasteiger partial charge in [0.25, 0.3) is 0 Å². The summed E-state index contributed by atoms with van der Waals surface area (Å²) in [7, 11) is 2.00. The Labute approximate surface area is 71.3 Å². The molecule has 2 rings (SSSR count). The molecule has 1 aromatic heterocycles. The lowest BCUT2D eigenvalue weighted by atomic mass is 10.3. The van der Waals surface area contributed by atoms with Crippen molar-refractivity contribution in [2.75, 3.05) is 0 Å². The highest BCUT2D eigenvalue weighted by molar-refractivity contribution is 5.85. The van der Waals surface area contributed by atoms with Crippen molar-refractivity contribution in [2.24, 2.45) is 7.05 Å². The van der Waals surface area contributed by atoms with Crippen molar-refractivity contribution in [2.45, 2.75) is 0 Å². The van der Waals surface area contributed by atoms with Crippen molar-refractivity contribution in [1.82, 2.24) is 9.55 Å². The fourth-order valence-electron chi connectivity index (χ4n) is 1.08. The van der Waals surface area contributed by atoms with Crippen molar-refractivity contribution in [3.63, 3.8) is 0 Å². The fourth-order valence-corrected chi connectivity index (χ4v) is 1.08. The molecule has 0 radical (unpaired) electrons. The summed E-state index contributed by atoms with van der Waals surface area (Å²) in [5, 5.41) is 0. The highest BCUT2D eigenvalue weighted by Gasteiger charge is 1.93. The van der Waals surface area contributed by atoms with Crippen molar-refractivity contribution in [1.29, 1.82) is 0 Å². The summed E-state index contributed by atoms with van der Waals surface area (Å²) in [6, 6.07) is 8.08. The maximum Gasteiger partial charge on any atom is 0.0955 e. The maximum absolute atomic E-state index is 4.18. The molecular formula is C8H9ClN2. The molecule has 0 unspecified atom stereocenters. The first-order valence-corrected chi connectivity index (χ1v) is 3.24. The van der Waals surface area contributed by atoms with E-state index < -0.39 is 0 Å². The lowest BCUT2D eigenvalue weighted by molar-refractivity contribution is 0.948. The van der Waals surface area contributed by atoms with Crippen LogP contribution in [0.2, 0.25) is 0 Å². The molecule has 58 valence electrons. The summed E-state index contributed by atoms with van der Waals surface area (Å²) in [5.74, 6) is 0. The van der Waals surface area contributed by atoms with E-state index in [1.54, 1.807) is 0 Å². The van der Waals surface area contributed by atoms with Crippen LogP contribution in [0.25, 0.3) is 11.0 Å². The van der Waals surface area contributed by atoms with Gasteiger partial charge in [0.05, 0.1) is 17.4 Å². The molecule has 1 aromatic carbocycles. The van der Waals surface area contributed by atoms with Gasteiger partial charge >= 0.3 is 0 Å². The first kappa shape index (κ1) is 8.08. The molecule has 0 aliphatic rings. The highest BCUT2D eigenvalue weighted by Crippen LogP contribution is 2.08. The minimum Gasteiger partial charge on any atom is -0.334 e. The van der Waals surface area contributed by atoms with E-state index in [-0.39, 0.29) is 12.4 Å². The summed E-state index contributed by atoms with van der Waals surface area (Å²) in [4.78, 5) is 4.18. The lowest BCUT2D eigenvalue weighted by Crippen LogP contribution is -1.81. The van der Waals surface area contributed by atoms with E-state index in [1.165, 1.54) is 5.52 Å². The standard InChI is InChI=1S/C8H8N2.ClH/c1-10-6-9-7-4-2-3-5-8(7)10;/h2-6H,1H3;1H. The minimum atomic E-state index is 0. The summed E-state index contributed by atoms with van der Waals surface area (Å²) in [6.07, 6.45) is 1.82. The predicted octanol–water partition coefficient (Wildman–Crippen LogP) is 2.00. The Morgan fingerprint density at radius 3 is 2.73 bits per heavy atom. The molecule has 0 fully saturated rings. The van der Waals surface area contributed by atoms with Crippen LogP contribution in [0.15, 0.2) is 30.6 Å². The molecule has 0 bridgehead atoms. The number of halogens is 1. The van der Waals surface area contributed by atoms with Gasteiger partial charge in [-0.25, -0.2) is 4.98 Å². The Morgan fingerprint density at radius 1 is 1.27 bits per heavy atom. The number of para-hydroxylation sites is 2. The number of aryl methyl sites for hydroxylation is 1. The number of imidazole rings is 1. The van der Waals surface area contributed by atoms with Crippen LogP contribution in [0, 0.1) is 0 Å². The third-order valence-corrected chi connectivity index (χ3v) is 1.63. The Kier molecular flexibility index (Phi) is 2.15. The Balaban J connectivity index is 0.000000605. The zero-order chi connectivity index (χ0) is 6.97. The quantitative estimate of drug-likeness (QED) is 0.589. The normalized spacial score (nSPS) is 9.55. The first-order chi connectivity index (χ1) is 4.88. The van der Waals surface area contributed by atoms with Crippen molar-refractivity contribution in [3.05, 3.63) is 30.6 Å². The Hall–Kier alpha value is -1.02. The second kappa shape index (κ2) is 2.93. The van der Waals surface area contributed by atoms with Gasteiger partial charge in [-0.1, -0.05) is 12.1 Å². The molecule has 0 spiro atoms. The molecule has 11 heavy (non-hydrogen) atoms. The largest absolute Gasteiger partial charge is 0.334 e. The van der Waals surface area contributed by atoms with E-state index in [9.17, 15) is 0 Å². The summed E-state index contributed by atoms with van der Waals surface area (Å²) >= 11 is 0. The summed E-state index contributed by atoms with van der Waals surface area (Å²) < 4.78 is 2.01. The van der Waals surface area contributed by atoms with E-state index in [0.717, 1.165) is 5.52 Å². The van der Waals surface area contributed by atoms with Crippen LogP contribution in [-0.4, -0.2) is 9.55 Å². The lowest BCUT2D eigenvalue weighted by Gasteiger charge is -1.90. The van der Waals surface area contributed by atoms with E-state index in [4.69, 9.17) is 0 Å². The second-order valence-corrected chi connectivity index (χ2v) is 2.34. The molecule has 0 saturated heterocycles. The molecule has 0 atom stereocenters. The van der Waals surface area contributed by atoms with Gasteiger partial charge in [0.15, 0.2) is 0 Å². The highest BCUT2D eigenvalue weighted by atomic mass is 35.5. The van der Waals surface area contributed by atoms with Gasteiger partial charge in [-0.2, -0.15) is 0 Å². The van der Waals surface area contributed by atoms with Crippen molar-refractivity contribution in [3.8, 4) is 0 Å². The average molecular weight is 169 g/mol. The number of nitrogens with zero attached hydrogens (tertiary/aromatic N) is 2. The molecule has 0 amide bonds. The SMILES string of the molecule is Cl.Cn1cnc2ccccc21. The summed E-state index contributed by atoms with van der Waals surface area (Å²) in [6.45, 7) is 0. The summed E-state index contributed by atoms with van der Waals surface area (Å²) in [5.41, 5.74) is 2.24. The average Bonchev–Trinajstić information content (AvgIpc) is 2.34. The molecular weight excluding hydrogens is 160 g/mol. The molecule has 0 aliphatic carbocycles. The van der Waals surface area contributed by atoms with Crippen LogP contribution < -0.4 is 0 Å². The van der Waals surface area contributed by atoms with Gasteiger partial charge in [-0.3, -0.25) is 0 Å². The van der Waals surface area contributed by atoms with Crippen LogP contribution in [-0.2, 0) is 7.05 Å².